The summed E-state index contributed by atoms with van der Waals surface area (Å²) < 4.78 is 2.28. The molecule has 0 amide bonds. The minimum absolute atomic E-state index is 0.293. The molecule has 0 aromatic heterocycles. The number of hydrogen-bond donors (Lipinski definition) is 1. The second-order valence-corrected chi connectivity index (χ2v) is 3.84. The average Bonchev–Trinajstić information content (AvgIpc) is 1.95. The average molecular weight is 256 g/mol. The van der Waals surface area contributed by atoms with Crippen LogP contribution in [-0.2, 0) is 0 Å². The van der Waals surface area contributed by atoms with Crippen LogP contribution < -0.4 is 0 Å². The number of nitrogens with zero attached hydrogens (tertiary/aromatic N) is 2. The van der Waals surface area contributed by atoms with E-state index >= 15 is 0 Å². The fourth-order valence-electron chi connectivity index (χ4n) is 1.09. The summed E-state index contributed by atoms with van der Waals surface area (Å²) in [5.74, 6) is 0. The minimum Gasteiger partial charge on any atom is -0.395 e. The van der Waals surface area contributed by atoms with E-state index in [4.69, 9.17) is 5.11 Å². The van der Waals surface area contributed by atoms with Crippen molar-refractivity contribution >= 4 is 22.9 Å². The van der Waals surface area contributed by atoms with Gasteiger partial charge in [-0.3, -0.25) is 4.90 Å². The summed E-state index contributed by atoms with van der Waals surface area (Å²) in [5.41, 5.74) is 0. The van der Waals surface area contributed by atoms with Crippen molar-refractivity contribution in [3.8, 4) is 0 Å². The molecule has 0 radical (unpaired) electrons. The number of rotatable bonds is 2. The highest BCUT2D eigenvalue weighted by Gasteiger charge is 2.12. The number of β-amino-alcohol motifs (C(OH)–C–C–N with tert-alkyl or cyclic N) is 1. The number of piperazine rings is 1. The molecular formula is C6H13IN2O. The summed E-state index contributed by atoms with van der Waals surface area (Å²) in [6.07, 6.45) is 0. The van der Waals surface area contributed by atoms with E-state index in [-0.39, 0.29) is 0 Å². The normalized spacial score (nSPS) is 23.4. The smallest absolute Gasteiger partial charge is 0.0558 e. The molecule has 1 rings (SSSR count). The van der Waals surface area contributed by atoms with Crippen LogP contribution in [0.3, 0.4) is 0 Å². The molecule has 60 valence electrons. The molecule has 0 spiro atoms. The van der Waals surface area contributed by atoms with Crippen molar-refractivity contribution in [3.63, 3.8) is 0 Å². The molecular weight excluding hydrogens is 243 g/mol. The van der Waals surface area contributed by atoms with Gasteiger partial charge in [-0.15, -0.1) is 0 Å². The second-order valence-electron chi connectivity index (χ2n) is 2.48. The van der Waals surface area contributed by atoms with Crippen LogP contribution in [0.2, 0.25) is 0 Å². The van der Waals surface area contributed by atoms with E-state index in [1.165, 1.54) is 0 Å². The van der Waals surface area contributed by atoms with Gasteiger partial charge in [-0.2, -0.15) is 0 Å². The molecule has 4 heteroatoms. The van der Waals surface area contributed by atoms with Crippen molar-refractivity contribution in [2.45, 2.75) is 0 Å². The van der Waals surface area contributed by atoms with E-state index in [1.54, 1.807) is 0 Å². The van der Waals surface area contributed by atoms with Crippen molar-refractivity contribution in [2.75, 3.05) is 39.3 Å². The first-order chi connectivity index (χ1) is 4.83. The van der Waals surface area contributed by atoms with Gasteiger partial charge in [0.2, 0.25) is 0 Å². The number of aliphatic hydroxyl groups excluding tert-OH is 1. The van der Waals surface area contributed by atoms with E-state index in [1.807, 2.05) is 0 Å². The molecule has 0 aromatic rings. The Kier molecular flexibility index (Phi) is 3.90. The third-order valence-electron chi connectivity index (χ3n) is 1.73. The molecule has 1 saturated heterocycles. The molecule has 10 heavy (non-hydrogen) atoms. The molecule has 1 heterocycles. The van der Waals surface area contributed by atoms with Gasteiger partial charge < -0.3 is 5.11 Å². The molecule has 3 nitrogen and oxygen atoms in total. The minimum atomic E-state index is 0.293. The third kappa shape index (κ3) is 2.69. The molecule has 1 fully saturated rings. The Labute approximate surface area is 75.5 Å². The zero-order valence-corrected chi connectivity index (χ0v) is 8.12. The Bertz CT molecular complexity index is 93.7. The maximum atomic E-state index is 8.63. The van der Waals surface area contributed by atoms with E-state index in [2.05, 4.69) is 30.9 Å². The topological polar surface area (TPSA) is 26.7 Å². The zero-order valence-electron chi connectivity index (χ0n) is 5.96. The molecule has 0 unspecified atom stereocenters. The van der Waals surface area contributed by atoms with Crippen molar-refractivity contribution in [1.29, 1.82) is 0 Å². The van der Waals surface area contributed by atoms with Gasteiger partial charge in [0, 0.05) is 55.6 Å². The van der Waals surface area contributed by atoms with Gasteiger partial charge in [-0.25, -0.2) is 3.11 Å². The van der Waals surface area contributed by atoms with E-state index in [0.29, 0.717) is 6.61 Å². The van der Waals surface area contributed by atoms with Gasteiger partial charge in [-0.1, -0.05) is 0 Å². The highest BCUT2D eigenvalue weighted by Crippen LogP contribution is 2.04. The maximum absolute atomic E-state index is 8.63. The Morgan fingerprint density at radius 3 is 2.30 bits per heavy atom. The maximum Gasteiger partial charge on any atom is 0.0558 e. The largest absolute Gasteiger partial charge is 0.395 e. The first kappa shape index (κ1) is 8.70. The standard InChI is InChI=1S/C6H13IN2O/c7-9-3-1-8(2-4-9)5-6-10/h10H,1-6H2. The Hall–Kier alpha value is 0.610. The van der Waals surface area contributed by atoms with E-state index in [9.17, 15) is 0 Å². The summed E-state index contributed by atoms with van der Waals surface area (Å²) in [7, 11) is 0. The molecule has 1 aliphatic rings. The summed E-state index contributed by atoms with van der Waals surface area (Å²) >= 11 is 2.34. The summed E-state index contributed by atoms with van der Waals surface area (Å²) in [6.45, 7) is 5.58. The van der Waals surface area contributed by atoms with Crippen molar-refractivity contribution in [3.05, 3.63) is 0 Å². The summed E-state index contributed by atoms with van der Waals surface area (Å²) in [5, 5.41) is 8.63. The van der Waals surface area contributed by atoms with E-state index in [0.717, 1.165) is 32.7 Å². The lowest BCUT2D eigenvalue weighted by atomic mass is 10.4. The molecule has 0 bridgehead atoms. The Morgan fingerprint density at radius 2 is 1.80 bits per heavy atom. The number of hydrogen-bond acceptors (Lipinski definition) is 3. The van der Waals surface area contributed by atoms with Crippen LogP contribution in [0.5, 0.6) is 0 Å². The lowest BCUT2D eigenvalue weighted by Crippen LogP contribution is -2.43. The molecule has 0 aromatic carbocycles. The predicted octanol–water partition coefficient (Wildman–Crippen LogP) is -0.0537. The van der Waals surface area contributed by atoms with Crippen molar-refractivity contribution in [1.82, 2.24) is 8.01 Å². The Balaban J connectivity index is 2.13. The monoisotopic (exact) mass is 256 g/mol. The van der Waals surface area contributed by atoms with Crippen LogP contribution >= 0.6 is 22.9 Å². The molecule has 0 saturated carbocycles. The first-order valence-electron chi connectivity index (χ1n) is 3.57. The third-order valence-corrected chi connectivity index (χ3v) is 2.70. The van der Waals surface area contributed by atoms with Gasteiger partial charge in [-0.05, 0) is 0 Å². The van der Waals surface area contributed by atoms with Gasteiger partial charge in [0.15, 0.2) is 0 Å². The van der Waals surface area contributed by atoms with Crippen LogP contribution in [0, 0.1) is 0 Å². The second kappa shape index (κ2) is 4.48. The van der Waals surface area contributed by atoms with Gasteiger partial charge >= 0.3 is 0 Å². The fourth-order valence-corrected chi connectivity index (χ4v) is 1.52. The fraction of sp³-hybridized carbons (Fsp3) is 1.00. The van der Waals surface area contributed by atoms with Crippen LogP contribution in [0.15, 0.2) is 0 Å². The highest BCUT2D eigenvalue weighted by molar-refractivity contribution is 14.1. The Morgan fingerprint density at radius 1 is 1.20 bits per heavy atom. The zero-order chi connectivity index (χ0) is 7.40. The summed E-state index contributed by atoms with van der Waals surface area (Å²) in [6, 6.07) is 0. The lowest BCUT2D eigenvalue weighted by molar-refractivity contribution is 0.161. The van der Waals surface area contributed by atoms with Crippen molar-refractivity contribution < 1.29 is 5.11 Å². The van der Waals surface area contributed by atoms with Gasteiger partial charge in [0.05, 0.1) is 6.61 Å². The first-order valence-corrected chi connectivity index (χ1v) is 4.53. The van der Waals surface area contributed by atoms with Crippen LogP contribution in [0.1, 0.15) is 0 Å². The van der Waals surface area contributed by atoms with Crippen LogP contribution in [0.4, 0.5) is 0 Å². The summed E-state index contributed by atoms with van der Waals surface area (Å²) in [4.78, 5) is 2.29. The molecule has 1 N–H and O–H groups in total. The van der Waals surface area contributed by atoms with Crippen LogP contribution in [-0.4, -0.2) is 52.5 Å². The molecule has 0 aliphatic carbocycles. The quantitative estimate of drug-likeness (QED) is 0.554. The number of aliphatic hydroxyl groups is 1. The molecule has 0 atom stereocenters. The van der Waals surface area contributed by atoms with Crippen molar-refractivity contribution in [2.24, 2.45) is 0 Å². The molecule has 1 aliphatic heterocycles. The van der Waals surface area contributed by atoms with Gasteiger partial charge in [0.25, 0.3) is 0 Å². The highest BCUT2D eigenvalue weighted by atomic mass is 127. The SMILES string of the molecule is OCCN1CCN(I)CC1. The van der Waals surface area contributed by atoms with E-state index < -0.39 is 0 Å². The van der Waals surface area contributed by atoms with Gasteiger partial charge in [0.1, 0.15) is 0 Å². The predicted molar refractivity (Wildman–Crippen MR) is 49.1 cm³/mol. The van der Waals surface area contributed by atoms with Crippen LogP contribution in [0.25, 0.3) is 0 Å². The number of halogens is 1. The lowest BCUT2D eigenvalue weighted by Gasteiger charge is -2.30.